The minimum absolute atomic E-state index is 0.0441. The molecule has 1 aliphatic rings. The van der Waals surface area contributed by atoms with Gasteiger partial charge in [-0.3, -0.25) is 4.79 Å². The smallest absolute Gasteiger partial charge is 0.322 e. The summed E-state index contributed by atoms with van der Waals surface area (Å²) in [5.74, 6) is 0.534. The molecule has 0 aromatic heterocycles. The maximum Gasteiger partial charge on any atom is 0.322 e. The van der Waals surface area contributed by atoms with E-state index in [9.17, 15) is 9.59 Å². The second kappa shape index (κ2) is 7.46. The topological polar surface area (TPSA) is 61.9 Å². The lowest BCUT2D eigenvalue weighted by Gasteiger charge is -2.21. The Bertz CT molecular complexity index is 586. The standard InChI is InChI=1S/C17H25N3O3/c1-5-23-16-7-6-13(12(2)21)10-15(16)18-17(22)20-9-8-14(11-20)19(3)4/h6-7,10,14H,5,8-9,11H2,1-4H3,(H,18,22)/t14-/m1/s1. The number of Topliss-reactive ketones (excluding diaryl/α,β-unsaturated/α-hetero) is 1. The van der Waals surface area contributed by atoms with Gasteiger partial charge in [0.2, 0.25) is 0 Å². The fourth-order valence-corrected chi connectivity index (χ4v) is 2.67. The van der Waals surface area contributed by atoms with Crippen molar-refractivity contribution in [3.05, 3.63) is 23.8 Å². The van der Waals surface area contributed by atoms with Crippen LogP contribution in [0.2, 0.25) is 0 Å². The van der Waals surface area contributed by atoms with Crippen molar-refractivity contribution in [1.82, 2.24) is 9.80 Å². The molecule has 0 saturated carbocycles. The van der Waals surface area contributed by atoms with E-state index in [0.29, 0.717) is 36.2 Å². The van der Waals surface area contributed by atoms with Gasteiger partial charge in [0.1, 0.15) is 5.75 Å². The highest BCUT2D eigenvalue weighted by molar-refractivity contribution is 5.98. The van der Waals surface area contributed by atoms with Crippen molar-refractivity contribution in [3.8, 4) is 5.75 Å². The summed E-state index contributed by atoms with van der Waals surface area (Å²) in [4.78, 5) is 28.0. The third kappa shape index (κ3) is 4.22. The summed E-state index contributed by atoms with van der Waals surface area (Å²) in [5, 5.41) is 2.88. The average molecular weight is 319 g/mol. The molecule has 6 heteroatoms. The van der Waals surface area contributed by atoms with Crippen LogP contribution >= 0.6 is 0 Å². The lowest BCUT2D eigenvalue weighted by molar-refractivity contribution is 0.101. The third-order valence-electron chi connectivity index (χ3n) is 4.11. The van der Waals surface area contributed by atoms with Crippen LogP contribution in [0.4, 0.5) is 10.5 Å². The van der Waals surface area contributed by atoms with Gasteiger partial charge in [-0.1, -0.05) is 0 Å². The number of ether oxygens (including phenoxy) is 1. The Labute approximate surface area is 137 Å². The Morgan fingerprint density at radius 1 is 1.39 bits per heavy atom. The summed E-state index contributed by atoms with van der Waals surface area (Å²) in [6.07, 6.45) is 0.965. The third-order valence-corrected chi connectivity index (χ3v) is 4.11. The van der Waals surface area contributed by atoms with Crippen molar-refractivity contribution >= 4 is 17.5 Å². The van der Waals surface area contributed by atoms with E-state index >= 15 is 0 Å². The molecule has 0 spiro atoms. The van der Waals surface area contributed by atoms with Crippen molar-refractivity contribution in [2.24, 2.45) is 0 Å². The number of likely N-dealkylation sites (N-methyl/N-ethyl adjacent to an activating group) is 1. The molecule has 6 nitrogen and oxygen atoms in total. The molecule has 1 saturated heterocycles. The van der Waals surface area contributed by atoms with Crippen LogP contribution in [-0.2, 0) is 0 Å². The number of likely N-dealkylation sites (tertiary alicyclic amines) is 1. The molecule has 0 aliphatic carbocycles. The number of anilines is 1. The van der Waals surface area contributed by atoms with E-state index in [1.54, 1.807) is 23.1 Å². The highest BCUT2D eigenvalue weighted by atomic mass is 16.5. The number of benzene rings is 1. The average Bonchev–Trinajstić information content (AvgIpc) is 2.99. The number of rotatable bonds is 5. The van der Waals surface area contributed by atoms with Gasteiger partial charge >= 0.3 is 6.03 Å². The summed E-state index contributed by atoms with van der Waals surface area (Å²) in [6, 6.07) is 5.33. The Morgan fingerprint density at radius 3 is 2.70 bits per heavy atom. The molecule has 2 rings (SSSR count). The summed E-state index contributed by atoms with van der Waals surface area (Å²) in [6.45, 7) is 5.31. The Morgan fingerprint density at radius 2 is 2.13 bits per heavy atom. The van der Waals surface area contributed by atoms with Crippen molar-refractivity contribution < 1.29 is 14.3 Å². The number of ketones is 1. The SMILES string of the molecule is CCOc1ccc(C(C)=O)cc1NC(=O)N1CC[C@@H](N(C)C)C1. The van der Waals surface area contributed by atoms with Crippen LogP contribution in [-0.4, -0.2) is 61.4 Å². The zero-order valence-electron chi connectivity index (χ0n) is 14.3. The summed E-state index contributed by atoms with van der Waals surface area (Å²) < 4.78 is 5.54. The van der Waals surface area contributed by atoms with E-state index in [-0.39, 0.29) is 11.8 Å². The van der Waals surface area contributed by atoms with Crippen LogP contribution < -0.4 is 10.1 Å². The van der Waals surface area contributed by atoms with Gasteiger partial charge in [-0.25, -0.2) is 4.79 Å². The van der Waals surface area contributed by atoms with Gasteiger partial charge in [0.25, 0.3) is 0 Å². The fourth-order valence-electron chi connectivity index (χ4n) is 2.67. The van der Waals surface area contributed by atoms with Crippen LogP contribution in [0.5, 0.6) is 5.75 Å². The first-order valence-electron chi connectivity index (χ1n) is 7.92. The molecule has 1 fully saturated rings. The molecule has 1 heterocycles. The van der Waals surface area contributed by atoms with Crippen LogP contribution in [0, 0.1) is 0 Å². The van der Waals surface area contributed by atoms with Gasteiger partial charge in [0.15, 0.2) is 5.78 Å². The van der Waals surface area contributed by atoms with Gasteiger partial charge in [-0.05, 0) is 52.6 Å². The minimum atomic E-state index is -0.156. The quantitative estimate of drug-likeness (QED) is 0.847. The van der Waals surface area contributed by atoms with E-state index < -0.39 is 0 Å². The molecule has 0 unspecified atom stereocenters. The Kier molecular flexibility index (Phi) is 5.60. The van der Waals surface area contributed by atoms with E-state index in [0.717, 1.165) is 13.0 Å². The molecule has 126 valence electrons. The molecule has 2 amide bonds. The largest absolute Gasteiger partial charge is 0.492 e. The number of carbonyl (C=O) groups is 2. The molecule has 0 bridgehead atoms. The molecular weight excluding hydrogens is 294 g/mol. The van der Waals surface area contributed by atoms with Gasteiger partial charge in [-0.15, -0.1) is 0 Å². The first-order chi connectivity index (χ1) is 10.9. The van der Waals surface area contributed by atoms with Gasteiger partial charge in [0.05, 0.1) is 12.3 Å². The molecule has 1 atom stereocenters. The van der Waals surface area contributed by atoms with Crippen molar-refractivity contribution in [1.29, 1.82) is 0 Å². The van der Waals surface area contributed by atoms with Crippen molar-refractivity contribution in [2.45, 2.75) is 26.3 Å². The van der Waals surface area contributed by atoms with Gasteiger partial charge in [-0.2, -0.15) is 0 Å². The molecule has 1 aromatic rings. The monoisotopic (exact) mass is 319 g/mol. The predicted octanol–water partition coefficient (Wildman–Crippen LogP) is 2.46. The summed E-state index contributed by atoms with van der Waals surface area (Å²) in [7, 11) is 4.05. The molecule has 0 radical (unpaired) electrons. The van der Waals surface area contributed by atoms with Crippen molar-refractivity contribution in [3.63, 3.8) is 0 Å². The lowest BCUT2D eigenvalue weighted by Crippen LogP contribution is -2.36. The first kappa shape index (κ1) is 17.3. The molecule has 1 N–H and O–H groups in total. The molecule has 23 heavy (non-hydrogen) atoms. The number of nitrogens with one attached hydrogen (secondary N) is 1. The first-order valence-corrected chi connectivity index (χ1v) is 7.92. The number of hydrogen-bond acceptors (Lipinski definition) is 4. The Balaban J connectivity index is 2.13. The van der Waals surface area contributed by atoms with Gasteiger partial charge in [0, 0.05) is 24.7 Å². The number of urea groups is 1. The number of carbonyl (C=O) groups excluding carboxylic acids is 2. The predicted molar refractivity (Wildman–Crippen MR) is 90.3 cm³/mol. The Hall–Kier alpha value is -2.08. The zero-order valence-corrected chi connectivity index (χ0v) is 14.3. The summed E-state index contributed by atoms with van der Waals surface area (Å²) >= 11 is 0. The minimum Gasteiger partial charge on any atom is -0.492 e. The van der Waals surface area contributed by atoms with E-state index in [1.807, 2.05) is 21.0 Å². The molecular formula is C17H25N3O3. The number of nitrogens with zero attached hydrogens (tertiary/aromatic N) is 2. The van der Waals surface area contributed by atoms with E-state index in [1.165, 1.54) is 6.92 Å². The normalized spacial score (nSPS) is 17.4. The maximum atomic E-state index is 12.5. The summed E-state index contributed by atoms with van der Waals surface area (Å²) in [5.41, 5.74) is 1.09. The second-order valence-corrected chi connectivity index (χ2v) is 5.98. The van der Waals surface area contributed by atoms with Gasteiger partial charge < -0.3 is 19.9 Å². The zero-order chi connectivity index (χ0) is 17.0. The van der Waals surface area contributed by atoms with E-state index in [2.05, 4.69) is 10.2 Å². The van der Waals surface area contributed by atoms with Crippen molar-refractivity contribution in [2.75, 3.05) is 39.1 Å². The lowest BCUT2D eigenvalue weighted by atomic mass is 10.1. The van der Waals surface area contributed by atoms with Crippen LogP contribution in [0.25, 0.3) is 0 Å². The highest BCUT2D eigenvalue weighted by Gasteiger charge is 2.27. The maximum absolute atomic E-state index is 12.5. The molecule has 1 aromatic carbocycles. The number of amides is 2. The van der Waals surface area contributed by atoms with E-state index in [4.69, 9.17) is 4.74 Å². The van der Waals surface area contributed by atoms with Crippen LogP contribution in [0.15, 0.2) is 18.2 Å². The fraction of sp³-hybridized carbons (Fsp3) is 0.529. The molecule has 1 aliphatic heterocycles. The van der Waals surface area contributed by atoms with Crippen LogP contribution in [0.3, 0.4) is 0 Å². The van der Waals surface area contributed by atoms with Crippen LogP contribution in [0.1, 0.15) is 30.6 Å². The highest BCUT2D eigenvalue weighted by Crippen LogP contribution is 2.27. The number of hydrogen-bond donors (Lipinski definition) is 1. The second-order valence-electron chi connectivity index (χ2n) is 5.98.